The molecule has 0 fully saturated rings. The molecule has 3 aromatic rings. The first-order chi connectivity index (χ1) is 13.3. The SMILES string of the molecule is CC1=NNC(=O)/C1=C\c1cc2cncc(-c3cccc(OC(F)(F)F)c3)c2o1. The van der Waals surface area contributed by atoms with Gasteiger partial charge < -0.3 is 9.15 Å². The fourth-order valence-corrected chi connectivity index (χ4v) is 2.85. The molecule has 0 saturated carbocycles. The van der Waals surface area contributed by atoms with Gasteiger partial charge in [0.25, 0.3) is 5.91 Å². The molecule has 0 unspecified atom stereocenters. The molecule has 1 aromatic carbocycles. The van der Waals surface area contributed by atoms with Gasteiger partial charge in [-0.2, -0.15) is 5.10 Å². The van der Waals surface area contributed by atoms with E-state index in [1.807, 2.05) is 0 Å². The fraction of sp³-hybridized carbons (Fsp3) is 0.105. The molecule has 0 aliphatic carbocycles. The second-order valence-corrected chi connectivity index (χ2v) is 6.03. The van der Waals surface area contributed by atoms with Crippen LogP contribution in [0.25, 0.3) is 28.2 Å². The number of amides is 1. The van der Waals surface area contributed by atoms with Crippen molar-refractivity contribution in [3.63, 3.8) is 0 Å². The second-order valence-electron chi connectivity index (χ2n) is 6.03. The predicted molar refractivity (Wildman–Crippen MR) is 95.4 cm³/mol. The molecule has 1 aliphatic heterocycles. The van der Waals surface area contributed by atoms with Crippen LogP contribution in [0.3, 0.4) is 0 Å². The summed E-state index contributed by atoms with van der Waals surface area (Å²) in [5.74, 6) is -0.285. The molecular weight excluding hydrogens is 375 g/mol. The fourth-order valence-electron chi connectivity index (χ4n) is 2.85. The van der Waals surface area contributed by atoms with E-state index in [-0.39, 0.29) is 11.7 Å². The maximum atomic E-state index is 12.5. The van der Waals surface area contributed by atoms with E-state index in [0.29, 0.717) is 39.1 Å². The van der Waals surface area contributed by atoms with Crippen LogP contribution >= 0.6 is 0 Å². The lowest BCUT2D eigenvalue weighted by atomic mass is 10.1. The zero-order valence-electron chi connectivity index (χ0n) is 14.4. The maximum absolute atomic E-state index is 12.5. The van der Waals surface area contributed by atoms with Crippen molar-refractivity contribution in [2.45, 2.75) is 13.3 Å². The van der Waals surface area contributed by atoms with E-state index >= 15 is 0 Å². The molecule has 1 N–H and O–H groups in total. The number of nitrogens with zero attached hydrogens (tertiary/aromatic N) is 2. The normalized spacial score (nSPS) is 15.8. The van der Waals surface area contributed by atoms with Crippen LogP contribution in [0.4, 0.5) is 13.2 Å². The van der Waals surface area contributed by atoms with Crippen molar-refractivity contribution in [3.8, 4) is 16.9 Å². The molecule has 0 bridgehead atoms. The molecule has 0 saturated heterocycles. The van der Waals surface area contributed by atoms with E-state index in [0.717, 1.165) is 0 Å². The van der Waals surface area contributed by atoms with Crippen molar-refractivity contribution < 1.29 is 27.1 Å². The quantitative estimate of drug-likeness (QED) is 0.681. The average Bonchev–Trinajstić information content (AvgIpc) is 3.18. The van der Waals surface area contributed by atoms with E-state index in [1.165, 1.54) is 24.4 Å². The highest BCUT2D eigenvalue weighted by molar-refractivity contribution is 6.26. The van der Waals surface area contributed by atoms with Gasteiger partial charge in [-0.1, -0.05) is 12.1 Å². The molecule has 0 atom stereocenters. The standard InChI is InChI=1S/C19H12F3N3O3/c1-10-15(18(26)25-24-10)7-14-6-12-8-23-9-16(17(12)27-14)11-3-2-4-13(5-11)28-19(20,21)22/h2-9H,1H3,(H,25,26)/b15-7-. The van der Waals surface area contributed by atoms with E-state index in [2.05, 4.69) is 20.2 Å². The minimum Gasteiger partial charge on any atom is -0.456 e. The van der Waals surface area contributed by atoms with E-state index in [9.17, 15) is 18.0 Å². The van der Waals surface area contributed by atoms with Crippen LogP contribution < -0.4 is 10.2 Å². The summed E-state index contributed by atoms with van der Waals surface area (Å²) >= 11 is 0. The molecule has 28 heavy (non-hydrogen) atoms. The van der Waals surface area contributed by atoms with Crippen LogP contribution in [0, 0.1) is 0 Å². The molecule has 3 heterocycles. The van der Waals surface area contributed by atoms with Crippen LogP contribution in [-0.2, 0) is 4.79 Å². The second kappa shape index (κ2) is 6.52. The topological polar surface area (TPSA) is 76.7 Å². The number of rotatable bonds is 3. The average molecular weight is 387 g/mol. The Morgan fingerprint density at radius 1 is 1.21 bits per heavy atom. The van der Waals surface area contributed by atoms with E-state index in [1.54, 1.807) is 31.3 Å². The first-order valence-electron chi connectivity index (χ1n) is 8.10. The first-order valence-corrected chi connectivity index (χ1v) is 8.10. The van der Waals surface area contributed by atoms with Crippen LogP contribution in [0.1, 0.15) is 12.7 Å². The number of hydrazone groups is 1. The summed E-state index contributed by atoms with van der Waals surface area (Å²) < 4.78 is 47.3. The van der Waals surface area contributed by atoms with Gasteiger partial charge in [-0.15, -0.1) is 13.2 Å². The van der Waals surface area contributed by atoms with Gasteiger partial charge in [-0.05, 0) is 36.8 Å². The minimum absolute atomic E-state index is 0.340. The number of aromatic nitrogens is 1. The van der Waals surface area contributed by atoms with Gasteiger partial charge in [0.15, 0.2) is 0 Å². The van der Waals surface area contributed by atoms with E-state index < -0.39 is 6.36 Å². The van der Waals surface area contributed by atoms with Crippen molar-refractivity contribution in [1.29, 1.82) is 0 Å². The summed E-state index contributed by atoms with van der Waals surface area (Å²) in [6.45, 7) is 1.69. The van der Waals surface area contributed by atoms with Crippen molar-refractivity contribution >= 4 is 28.7 Å². The summed E-state index contributed by atoms with van der Waals surface area (Å²) in [4.78, 5) is 15.9. The third-order valence-electron chi connectivity index (χ3n) is 4.07. The Hall–Kier alpha value is -3.62. The molecular formula is C19H12F3N3O3. The number of fused-ring (bicyclic) bond motifs is 1. The number of carbonyl (C=O) groups is 1. The minimum atomic E-state index is -4.78. The lowest BCUT2D eigenvalue weighted by Gasteiger charge is -2.10. The van der Waals surface area contributed by atoms with Gasteiger partial charge in [0.2, 0.25) is 0 Å². The van der Waals surface area contributed by atoms with E-state index in [4.69, 9.17) is 4.42 Å². The Kier molecular flexibility index (Phi) is 4.14. The number of alkyl halides is 3. The first kappa shape index (κ1) is 17.8. The number of furan rings is 1. The van der Waals surface area contributed by atoms with Gasteiger partial charge in [-0.3, -0.25) is 9.78 Å². The maximum Gasteiger partial charge on any atom is 0.573 e. The van der Waals surface area contributed by atoms with Crippen LogP contribution in [-0.4, -0.2) is 23.0 Å². The number of ether oxygens (including phenoxy) is 1. The summed E-state index contributed by atoms with van der Waals surface area (Å²) in [7, 11) is 0. The predicted octanol–water partition coefficient (Wildman–Crippen LogP) is 4.28. The molecule has 9 heteroatoms. The Labute approximate surface area is 156 Å². The number of benzene rings is 1. The summed E-state index contributed by atoms with van der Waals surface area (Å²) in [6, 6.07) is 7.23. The van der Waals surface area contributed by atoms with Crippen LogP contribution in [0.5, 0.6) is 5.75 Å². The number of pyridine rings is 1. The molecule has 0 spiro atoms. The van der Waals surface area contributed by atoms with Crippen molar-refractivity contribution in [2.75, 3.05) is 0 Å². The van der Waals surface area contributed by atoms with Crippen molar-refractivity contribution in [1.82, 2.24) is 10.4 Å². The zero-order valence-corrected chi connectivity index (χ0v) is 14.4. The number of hydrogen-bond donors (Lipinski definition) is 1. The van der Waals surface area contributed by atoms with Gasteiger partial charge in [0.05, 0.1) is 11.3 Å². The number of nitrogens with one attached hydrogen (secondary N) is 1. The lowest BCUT2D eigenvalue weighted by Crippen LogP contribution is -2.17. The molecule has 1 aliphatic rings. The largest absolute Gasteiger partial charge is 0.573 e. The summed E-state index contributed by atoms with van der Waals surface area (Å²) in [5, 5.41) is 4.48. The monoisotopic (exact) mass is 387 g/mol. The van der Waals surface area contributed by atoms with Gasteiger partial charge >= 0.3 is 6.36 Å². The third kappa shape index (κ3) is 3.46. The Bertz CT molecular complexity index is 1150. The Morgan fingerprint density at radius 2 is 2.04 bits per heavy atom. The Morgan fingerprint density at radius 3 is 2.75 bits per heavy atom. The van der Waals surface area contributed by atoms with Gasteiger partial charge in [0, 0.05) is 23.3 Å². The highest BCUT2D eigenvalue weighted by Crippen LogP contribution is 2.33. The summed E-state index contributed by atoms with van der Waals surface area (Å²) in [6.07, 6.45) is -0.178. The highest BCUT2D eigenvalue weighted by Gasteiger charge is 2.31. The highest BCUT2D eigenvalue weighted by atomic mass is 19.4. The molecule has 6 nitrogen and oxygen atoms in total. The van der Waals surface area contributed by atoms with Crippen molar-refractivity contribution in [2.24, 2.45) is 5.10 Å². The van der Waals surface area contributed by atoms with Crippen LogP contribution in [0.15, 0.2) is 57.8 Å². The van der Waals surface area contributed by atoms with Gasteiger partial charge in [0.1, 0.15) is 17.1 Å². The molecule has 1 amide bonds. The van der Waals surface area contributed by atoms with Crippen LogP contribution in [0.2, 0.25) is 0 Å². The molecule has 4 rings (SSSR count). The third-order valence-corrected chi connectivity index (χ3v) is 4.07. The Balaban J connectivity index is 1.76. The zero-order chi connectivity index (χ0) is 19.9. The smallest absolute Gasteiger partial charge is 0.456 e. The number of hydrogen-bond acceptors (Lipinski definition) is 5. The van der Waals surface area contributed by atoms with Crippen molar-refractivity contribution in [3.05, 3.63) is 54.1 Å². The molecule has 2 aromatic heterocycles. The number of halogens is 3. The lowest BCUT2D eigenvalue weighted by molar-refractivity contribution is -0.274. The summed E-state index contributed by atoms with van der Waals surface area (Å²) in [5.41, 5.74) is 4.63. The number of carbonyl (C=O) groups excluding carboxylic acids is 1. The van der Waals surface area contributed by atoms with Gasteiger partial charge in [-0.25, -0.2) is 5.43 Å². The molecule has 0 radical (unpaired) electrons. The molecule has 142 valence electrons.